The maximum absolute atomic E-state index is 11.0. The molecule has 1 aromatic carbocycles. The zero-order valence-corrected chi connectivity index (χ0v) is 10.4. The summed E-state index contributed by atoms with van der Waals surface area (Å²) in [6.45, 7) is 0. The van der Waals surface area contributed by atoms with Gasteiger partial charge in [-0.25, -0.2) is 9.78 Å². The maximum atomic E-state index is 11.0. The second-order valence-electron chi connectivity index (χ2n) is 3.98. The first-order chi connectivity index (χ1) is 8.66. The Bertz CT molecular complexity index is 729. The lowest BCUT2D eigenvalue weighted by Gasteiger charge is -1.99. The van der Waals surface area contributed by atoms with Crippen molar-refractivity contribution in [1.82, 2.24) is 9.55 Å². The molecule has 18 heavy (non-hydrogen) atoms. The van der Waals surface area contributed by atoms with E-state index in [1.165, 1.54) is 0 Å². The van der Waals surface area contributed by atoms with Crippen LogP contribution in [0.15, 0.2) is 35.7 Å². The first-order valence-corrected chi connectivity index (χ1v) is 6.28. The lowest BCUT2D eigenvalue weighted by atomic mass is 10.2. The standard InChI is InChI=1S/C13H10N2O2S/c1-15-10-7-8(13(16)17)4-5-9(10)14-12(15)11-3-2-6-18-11/h2-7H,1H3,(H,16,17). The van der Waals surface area contributed by atoms with Gasteiger partial charge in [0.1, 0.15) is 0 Å². The molecule has 0 fully saturated rings. The number of nitrogens with zero attached hydrogens (tertiary/aromatic N) is 2. The Kier molecular flexibility index (Phi) is 2.41. The average Bonchev–Trinajstić information content (AvgIpc) is 2.97. The van der Waals surface area contributed by atoms with Crippen LogP contribution in [0.4, 0.5) is 0 Å². The van der Waals surface area contributed by atoms with Gasteiger partial charge < -0.3 is 9.67 Å². The molecule has 3 rings (SSSR count). The van der Waals surface area contributed by atoms with Crippen LogP contribution in [0.1, 0.15) is 10.4 Å². The molecule has 0 amide bonds. The number of benzene rings is 1. The first-order valence-electron chi connectivity index (χ1n) is 5.40. The minimum atomic E-state index is -0.921. The Morgan fingerprint density at radius 2 is 2.22 bits per heavy atom. The molecule has 90 valence electrons. The highest BCUT2D eigenvalue weighted by molar-refractivity contribution is 7.13. The van der Waals surface area contributed by atoms with Gasteiger partial charge in [-0.15, -0.1) is 11.3 Å². The molecular weight excluding hydrogens is 248 g/mol. The molecule has 0 aliphatic heterocycles. The fraction of sp³-hybridized carbons (Fsp3) is 0.0769. The van der Waals surface area contributed by atoms with Gasteiger partial charge in [0.2, 0.25) is 0 Å². The summed E-state index contributed by atoms with van der Waals surface area (Å²) in [5, 5.41) is 11.0. The van der Waals surface area contributed by atoms with Gasteiger partial charge >= 0.3 is 5.97 Å². The summed E-state index contributed by atoms with van der Waals surface area (Å²) >= 11 is 1.62. The lowest BCUT2D eigenvalue weighted by Crippen LogP contribution is -1.96. The summed E-state index contributed by atoms with van der Waals surface area (Å²) in [5.41, 5.74) is 1.92. The smallest absolute Gasteiger partial charge is 0.335 e. The summed E-state index contributed by atoms with van der Waals surface area (Å²) in [4.78, 5) is 16.6. The predicted molar refractivity (Wildman–Crippen MR) is 71.0 cm³/mol. The molecule has 0 spiro atoms. The minimum Gasteiger partial charge on any atom is -0.478 e. The normalized spacial score (nSPS) is 10.9. The zero-order chi connectivity index (χ0) is 12.7. The quantitative estimate of drug-likeness (QED) is 0.768. The van der Waals surface area contributed by atoms with Crippen molar-refractivity contribution in [3.63, 3.8) is 0 Å². The summed E-state index contributed by atoms with van der Waals surface area (Å²) < 4.78 is 1.92. The van der Waals surface area contributed by atoms with Crippen LogP contribution >= 0.6 is 11.3 Å². The Hall–Kier alpha value is -2.14. The third-order valence-corrected chi connectivity index (χ3v) is 3.74. The SMILES string of the molecule is Cn1c(-c2cccs2)nc2ccc(C(=O)O)cc21. The Balaban J connectivity index is 2.25. The molecule has 5 heteroatoms. The van der Waals surface area contributed by atoms with Crippen molar-refractivity contribution in [2.75, 3.05) is 0 Å². The van der Waals surface area contributed by atoms with Crippen molar-refractivity contribution in [1.29, 1.82) is 0 Å². The van der Waals surface area contributed by atoms with E-state index >= 15 is 0 Å². The van der Waals surface area contributed by atoms with Crippen LogP contribution in [0, 0.1) is 0 Å². The number of carbonyl (C=O) groups is 1. The van der Waals surface area contributed by atoms with E-state index in [-0.39, 0.29) is 5.56 Å². The molecule has 3 aromatic rings. The van der Waals surface area contributed by atoms with Crippen LogP contribution in [-0.2, 0) is 7.05 Å². The highest BCUT2D eigenvalue weighted by atomic mass is 32.1. The number of hydrogen-bond acceptors (Lipinski definition) is 3. The van der Waals surface area contributed by atoms with Gasteiger partial charge in [0, 0.05) is 7.05 Å². The number of aryl methyl sites for hydroxylation is 1. The molecule has 1 N–H and O–H groups in total. The molecule has 4 nitrogen and oxygen atoms in total. The molecule has 0 saturated heterocycles. The number of aromatic carboxylic acids is 1. The van der Waals surface area contributed by atoms with E-state index in [1.807, 2.05) is 29.1 Å². The number of rotatable bonds is 2. The van der Waals surface area contributed by atoms with E-state index in [2.05, 4.69) is 4.98 Å². The molecule has 0 unspecified atom stereocenters. The van der Waals surface area contributed by atoms with Crippen molar-refractivity contribution in [3.05, 3.63) is 41.3 Å². The fourth-order valence-corrected chi connectivity index (χ4v) is 2.70. The van der Waals surface area contributed by atoms with Crippen molar-refractivity contribution < 1.29 is 9.90 Å². The zero-order valence-electron chi connectivity index (χ0n) is 9.62. The molecule has 0 aliphatic carbocycles. The highest BCUT2D eigenvalue weighted by Gasteiger charge is 2.12. The summed E-state index contributed by atoms with van der Waals surface area (Å²) in [5.74, 6) is -0.0571. The van der Waals surface area contributed by atoms with Gasteiger partial charge in [-0.1, -0.05) is 6.07 Å². The molecule has 0 radical (unpaired) electrons. The van der Waals surface area contributed by atoms with Crippen LogP contribution in [0.25, 0.3) is 21.7 Å². The van der Waals surface area contributed by atoms with Gasteiger partial charge in [0.15, 0.2) is 5.82 Å². The third kappa shape index (κ3) is 1.60. The van der Waals surface area contributed by atoms with Crippen molar-refractivity contribution >= 4 is 28.3 Å². The number of carboxylic acid groups (broad SMARTS) is 1. The summed E-state index contributed by atoms with van der Waals surface area (Å²) in [7, 11) is 1.90. The van der Waals surface area contributed by atoms with E-state index < -0.39 is 5.97 Å². The van der Waals surface area contributed by atoms with Crippen LogP contribution in [-0.4, -0.2) is 20.6 Å². The molecule has 0 bridgehead atoms. The average molecular weight is 258 g/mol. The monoisotopic (exact) mass is 258 g/mol. The number of fused-ring (bicyclic) bond motifs is 1. The molecule has 2 aromatic heterocycles. The fourth-order valence-electron chi connectivity index (χ4n) is 1.95. The first kappa shape index (κ1) is 11.0. The van der Waals surface area contributed by atoms with Crippen LogP contribution in [0.2, 0.25) is 0 Å². The molecular formula is C13H10N2O2S. The summed E-state index contributed by atoms with van der Waals surface area (Å²) in [6.07, 6.45) is 0. The second kappa shape index (κ2) is 3.96. The number of thiophene rings is 1. The largest absolute Gasteiger partial charge is 0.478 e. The van der Waals surface area contributed by atoms with E-state index in [0.29, 0.717) is 0 Å². The topological polar surface area (TPSA) is 55.1 Å². The number of hydrogen-bond donors (Lipinski definition) is 1. The number of carboxylic acids is 1. The Labute approximate surface area is 107 Å². The van der Waals surface area contributed by atoms with Crippen LogP contribution in [0.5, 0.6) is 0 Å². The van der Waals surface area contributed by atoms with Gasteiger partial charge in [-0.2, -0.15) is 0 Å². The Morgan fingerprint density at radius 3 is 2.89 bits per heavy atom. The van der Waals surface area contributed by atoms with Gasteiger partial charge in [-0.05, 0) is 29.6 Å². The van der Waals surface area contributed by atoms with Crippen molar-refractivity contribution in [2.45, 2.75) is 0 Å². The predicted octanol–water partition coefficient (Wildman–Crippen LogP) is 3.00. The number of aromatic nitrogens is 2. The van der Waals surface area contributed by atoms with Gasteiger partial charge in [-0.3, -0.25) is 0 Å². The molecule has 0 saturated carbocycles. The summed E-state index contributed by atoms with van der Waals surface area (Å²) in [6, 6.07) is 8.96. The molecule has 2 heterocycles. The second-order valence-corrected chi connectivity index (χ2v) is 4.93. The lowest BCUT2D eigenvalue weighted by molar-refractivity contribution is 0.0697. The van der Waals surface area contributed by atoms with Crippen LogP contribution in [0.3, 0.4) is 0 Å². The van der Waals surface area contributed by atoms with E-state index in [4.69, 9.17) is 5.11 Å². The molecule has 0 aliphatic rings. The number of imidazole rings is 1. The van der Waals surface area contributed by atoms with Crippen molar-refractivity contribution in [2.24, 2.45) is 7.05 Å². The van der Waals surface area contributed by atoms with Gasteiger partial charge in [0.25, 0.3) is 0 Å². The maximum Gasteiger partial charge on any atom is 0.335 e. The Morgan fingerprint density at radius 1 is 1.39 bits per heavy atom. The van der Waals surface area contributed by atoms with Crippen LogP contribution < -0.4 is 0 Å². The van der Waals surface area contributed by atoms with E-state index in [1.54, 1.807) is 29.5 Å². The van der Waals surface area contributed by atoms with Crippen molar-refractivity contribution in [3.8, 4) is 10.7 Å². The van der Waals surface area contributed by atoms with E-state index in [0.717, 1.165) is 21.7 Å². The minimum absolute atomic E-state index is 0.281. The molecule has 0 atom stereocenters. The third-order valence-electron chi connectivity index (χ3n) is 2.87. The highest BCUT2D eigenvalue weighted by Crippen LogP contribution is 2.27. The van der Waals surface area contributed by atoms with Gasteiger partial charge in [0.05, 0.1) is 21.5 Å². The van der Waals surface area contributed by atoms with E-state index in [9.17, 15) is 4.79 Å².